The van der Waals surface area contributed by atoms with Crippen LogP contribution in [0.15, 0.2) is 126 Å². The molecule has 1 heterocycles. The molecule has 7 nitrogen and oxygen atoms in total. The quantitative estimate of drug-likeness (QED) is 0.318. The van der Waals surface area contributed by atoms with Crippen LogP contribution in [0.25, 0.3) is 0 Å². The molecule has 0 saturated carbocycles. The van der Waals surface area contributed by atoms with Gasteiger partial charge in [0.05, 0.1) is 12.1 Å². The summed E-state index contributed by atoms with van der Waals surface area (Å²) in [6.45, 7) is 1.65. The van der Waals surface area contributed by atoms with Gasteiger partial charge in [-0.2, -0.15) is 0 Å². The number of rotatable bonds is 8. The van der Waals surface area contributed by atoms with Crippen molar-refractivity contribution in [1.82, 2.24) is 10.6 Å². The van der Waals surface area contributed by atoms with Crippen LogP contribution in [0.3, 0.4) is 0 Å². The molecular weight excluding hydrogens is 500 g/mol. The topological polar surface area (TPSA) is 83.0 Å². The van der Waals surface area contributed by atoms with Gasteiger partial charge in [-0.25, -0.2) is 4.99 Å². The van der Waals surface area contributed by atoms with E-state index in [0.717, 1.165) is 33.8 Å². The van der Waals surface area contributed by atoms with Crippen molar-refractivity contribution in [2.24, 2.45) is 4.99 Å². The third-order valence-corrected chi connectivity index (χ3v) is 6.42. The van der Waals surface area contributed by atoms with Gasteiger partial charge in [0, 0.05) is 30.1 Å². The van der Waals surface area contributed by atoms with E-state index in [1.165, 1.54) is 0 Å². The normalized spacial score (nSPS) is 13.2. The number of para-hydroxylation sites is 2. The Morgan fingerprint density at radius 1 is 0.825 bits per heavy atom. The van der Waals surface area contributed by atoms with Crippen LogP contribution in [0, 0.1) is 0 Å². The van der Waals surface area contributed by atoms with Crippen LogP contribution in [-0.2, 0) is 16.0 Å². The third-order valence-electron chi connectivity index (χ3n) is 6.42. The molecule has 1 aliphatic heterocycles. The molecule has 0 saturated heterocycles. The SMILES string of the molecule is C[C@H](NC(=O)Cc1ccc(Oc2ccccc2)cc1)C(=O)NC1=CN(C)c2ccccc2C(c2ccccc2)=N1. The lowest BCUT2D eigenvalue weighted by atomic mass is 10.0. The number of amides is 2. The minimum atomic E-state index is -0.764. The maximum Gasteiger partial charge on any atom is 0.247 e. The first kappa shape index (κ1) is 26.4. The highest BCUT2D eigenvalue weighted by atomic mass is 16.5. The van der Waals surface area contributed by atoms with Crippen molar-refractivity contribution in [2.45, 2.75) is 19.4 Å². The highest BCUT2D eigenvalue weighted by Gasteiger charge is 2.21. The molecule has 1 aliphatic rings. The summed E-state index contributed by atoms with van der Waals surface area (Å²) in [5, 5.41) is 5.67. The number of carbonyl (C=O) groups is 2. The first-order valence-corrected chi connectivity index (χ1v) is 13.1. The van der Waals surface area contributed by atoms with E-state index in [2.05, 4.69) is 10.6 Å². The predicted octanol–water partition coefficient (Wildman–Crippen LogP) is 5.43. The number of anilines is 1. The van der Waals surface area contributed by atoms with Crippen molar-refractivity contribution in [2.75, 3.05) is 11.9 Å². The first-order valence-electron chi connectivity index (χ1n) is 13.1. The van der Waals surface area contributed by atoms with Gasteiger partial charge in [0.25, 0.3) is 0 Å². The van der Waals surface area contributed by atoms with Crippen molar-refractivity contribution < 1.29 is 14.3 Å². The molecule has 0 unspecified atom stereocenters. The highest BCUT2D eigenvalue weighted by molar-refractivity contribution is 6.17. The lowest BCUT2D eigenvalue weighted by molar-refractivity contribution is -0.127. The number of aliphatic imine (C=N–C) groups is 1. The Bertz CT molecular complexity index is 1550. The fourth-order valence-electron chi connectivity index (χ4n) is 4.40. The van der Waals surface area contributed by atoms with Crippen LogP contribution in [0.1, 0.15) is 23.6 Å². The first-order chi connectivity index (χ1) is 19.5. The molecule has 4 aromatic carbocycles. The molecule has 7 heteroatoms. The van der Waals surface area contributed by atoms with Gasteiger partial charge in [-0.1, -0.05) is 78.9 Å². The third kappa shape index (κ3) is 6.45. The monoisotopic (exact) mass is 530 g/mol. The van der Waals surface area contributed by atoms with Gasteiger partial charge in [-0.15, -0.1) is 0 Å². The van der Waals surface area contributed by atoms with Crippen LogP contribution >= 0.6 is 0 Å². The summed E-state index contributed by atoms with van der Waals surface area (Å²) in [5.41, 5.74) is 4.43. The molecule has 40 heavy (non-hydrogen) atoms. The Kier molecular flexibility index (Phi) is 8.02. The Morgan fingerprint density at radius 3 is 2.17 bits per heavy atom. The van der Waals surface area contributed by atoms with Crippen LogP contribution in [-0.4, -0.2) is 30.6 Å². The maximum atomic E-state index is 13.1. The summed E-state index contributed by atoms with van der Waals surface area (Å²) in [5.74, 6) is 1.20. The number of fused-ring (bicyclic) bond motifs is 1. The largest absolute Gasteiger partial charge is 0.457 e. The van der Waals surface area contributed by atoms with Crippen LogP contribution in [0.2, 0.25) is 0 Å². The number of ether oxygens (including phenoxy) is 1. The van der Waals surface area contributed by atoms with Crippen molar-refractivity contribution in [1.29, 1.82) is 0 Å². The van der Waals surface area contributed by atoms with Gasteiger partial charge < -0.3 is 20.3 Å². The zero-order valence-corrected chi connectivity index (χ0v) is 22.4. The van der Waals surface area contributed by atoms with Gasteiger partial charge in [0.2, 0.25) is 11.8 Å². The molecule has 4 aromatic rings. The lowest BCUT2D eigenvalue weighted by Gasteiger charge is -2.17. The lowest BCUT2D eigenvalue weighted by Crippen LogP contribution is -2.45. The standard InChI is InChI=1S/C33H30N4O3/c1-23(34-31(38)21-24-17-19-27(20-18-24)40-26-13-7-4-8-14-26)33(39)36-30-22-37(2)29-16-10-9-15-28(29)32(35-30)25-11-5-3-6-12-25/h3-20,22-23H,21H2,1-2H3,(H,34,38)(H,36,39)/t23-/m0/s1. The maximum absolute atomic E-state index is 13.1. The van der Waals surface area contributed by atoms with E-state index in [4.69, 9.17) is 9.73 Å². The molecule has 1 atom stereocenters. The van der Waals surface area contributed by atoms with E-state index in [-0.39, 0.29) is 18.2 Å². The molecule has 2 amide bonds. The summed E-state index contributed by atoms with van der Waals surface area (Å²) in [6, 6.07) is 33.9. The second-order valence-electron chi connectivity index (χ2n) is 9.48. The molecule has 0 fully saturated rings. The smallest absolute Gasteiger partial charge is 0.247 e. The zero-order valence-electron chi connectivity index (χ0n) is 22.4. The molecule has 0 radical (unpaired) electrons. The highest BCUT2D eigenvalue weighted by Crippen LogP contribution is 2.27. The fourth-order valence-corrected chi connectivity index (χ4v) is 4.40. The van der Waals surface area contributed by atoms with Gasteiger partial charge in [-0.3, -0.25) is 9.59 Å². The summed E-state index contributed by atoms with van der Waals surface area (Å²) in [7, 11) is 1.91. The van der Waals surface area contributed by atoms with Gasteiger partial charge in [-0.05, 0) is 42.8 Å². The van der Waals surface area contributed by atoms with Crippen LogP contribution in [0.5, 0.6) is 11.5 Å². The van der Waals surface area contributed by atoms with Gasteiger partial charge in [0.15, 0.2) is 0 Å². The van der Waals surface area contributed by atoms with Gasteiger partial charge >= 0.3 is 0 Å². The summed E-state index contributed by atoms with van der Waals surface area (Å²) in [4.78, 5) is 32.6. The molecule has 0 aliphatic carbocycles. The van der Waals surface area contributed by atoms with E-state index in [1.54, 1.807) is 13.1 Å². The Hall–Kier alpha value is -5.17. The average Bonchev–Trinajstić information content (AvgIpc) is 3.11. The Balaban J connectivity index is 1.23. The minimum Gasteiger partial charge on any atom is -0.457 e. The molecule has 200 valence electrons. The Labute approximate surface area is 233 Å². The number of benzene rings is 4. The van der Waals surface area contributed by atoms with Crippen molar-refractivity contribution in [3.8, 4) is 11.5 Å². The molecule has 0 bridgehead atoms. The molecule has 5 rings (SSSR count). The van der Waals surface area contributed by atoms with Crippen molar-refractivity contribution in [3.63, 3.8) is 0 Å². The Morgan fingerprint density at radius 2 is 1.45 bits per heavy atom. The average molecular weight is 531 g/mol. The van der Waals surface area contributed by atoms with Crippen LogP contribution < -0.4 is 20.3 Å². The summed E-state index contributed by atoms with van der Waals surface area (Å²) < 4.78 is 5.81. The number of hydrogen-bond donors (Lipinski definition) is 2. The van der Waals surface area contributed by atoms with Crippen molar-refractivity contribution in [3.05, 3.63) is 138 Å². The summed E-state index contributed by atoms with van der Waals surface area (Å²) >= 11 is 0. The van der Waals surface area contributed by atoms with Crippen LogP contribution in [0.4, 0.5) is 5.69 Å². The van der Waals surface area contributed by atoms with E-state index >= 15 is 0 Å². The molecular formula is C33H30N4O3. The van der Waals surface area contributed by atoms with E-state index < -0.39 is 6.04 Å². The second kappa shape index (κ2) is 12.1. The predicted molar refractivity (Wildman–Crippen MR) is 157 cm³/mol. The molecule has 0 spiro atoms. The van der Waals surface area contributed by atoms with E-state index in [1.807, 2.05) is 121 Å². The zero-order chi connectivity index (χ0) is 27.9. The molecule has 2 N–H and O–H groups in total. The fraction of sp³-hybridized carbons (Fsp3) is 0.121. The number of carbonyl (C=O) groups excluding carboxylic acids is 2. The molecule has 0 aromatic heterocycles. The van der Waals surface area contributed by atoms with Crippen molar-refractivity contribution >= 4 is 23.2 Å². The van der Waals surface area contributed by atoms with E-state index in [0.29, 0.717) is 11.6 Å². The summed E-state index contributed by atoms with van der Waals surface area (Å²) in [6.07, 6.45) is 1.92. The second-order valence-corrected chi connectivity index (χ2v) is 9.48. The minimum absolute atomic E-state index is 0.139. The number of hydrogen-bond acceptors (Lipinski definition) is 5. The van der Waals surface area contributed by atoms with E-state index in [9.17, 15) is 9.59 Å². The number of nitrogens with one attached hydrogen (secondary N) is 2. The van der Waals surface area contributed by atoms with Gasteiger partial charge in [0.1, 0.15) is 23.4 Å². The number of nitrogens with zero attached hydrogens (tertiary/aromatic N) is 2.